The van der Waals surface area contributed by atoms with Crippen molar-refractivity contribution in [2.75, 3.05) is 24.5 Å². The lowest BCUT2D eigenvalue weighted by Crippen LogP contribution is -2.53. The van der Waals surface area contributed by atoms with Gasteiger partial charge in [-0.15, -0.1) is 8.78 Å². The maximum Gasteiger partial charge on any atom is 0.586 e. The first-order valence-corrected chi connectivity index (χ1v) is 10.9. The van der Waals surface area contributed by atoms with Crippen LogP contribution in [0, 0.1) is 11.3 Å². The number of alkyl halides is 2. The minimum absolute atomic E-state index is 0.0264. The van der Waals surface area contributed by atoms with Crippen molar-refractivity contribution >= 4 is 16.9 Å². The highest BCUT2D eigenvalue weighted by Crippen LogP contribution is 2.41. The smallest absolute Gasteiger partial charge is 0.395 e. The van der Waals surface area contributed by atoms with Gasteiger partial charge >= 0.3 is 12.0 Å². The van der Waals surface area contributed by atoms with Gasteiger partial charge < -0.3 is 14.4 Å². The number of anilines is 1. The second-order valence-corrected chi connectivity index (χ2v) is 8.38. The molecule has 4 heterocycles. The number of rotatable bonds is 4. The van der Waals surface area contributed by atoms with Gasteiger partial charge in [-0.3, -0.25) is 9.47 Å². The zero-order valence-corrected chi connectivity index (χ0v) is 18.7. The first kappa shape index (κ1) is 22.0. The standard InChI is InChI=1S/C23H22F2N6O3/c1-3-16-13-31(21-20-17(29(2)22(32)28-21)6-5-15(11-26)27-20)9-8-30(16)12-14-4-7-18-19(10-14)34-23(24,25)33-18/h4-7,10,16H,3,8-9,12-13H2,1-2H3. The SMILES string of the molecule is CCC1CN(c2nc(=O)n(C)c3ccc(C#N)nc23)CCN1Cc1ccc2c(c1)OC(F)(F)O2. The number of pyridine rings is 1. The van der Waals surface area contributed by atoms with Crippen LogP contribution in [0.1, 0.15) is 24.6 Å². The molecule has 1 saturated heterocycles. The molecule has 2 aliphatic heterocycles. The van der Waals surface area contributed by atoms with Gasteiger partial charge in [-0.2, -0.15) is 10.2 Å². The summed E-state index contributed by atoms with van der Waals surface area (Å²) in [5.41, 5.74) is 1.84. The van der Waals surface area contributed by atoms with Crippen LogP contribution in [-0.2, 0) is 13.6 Å². The van der Waals surface area contributed by atoms with E-state index in [0.717, 1.165) is 12.0 Å². The lowest BCUT2D eigenvalue weighted by atomic mass is 10.1. The Labute approximate surface area is 193 Å². The van der Waals surface area contributed by atoms with Crippen molar-refractivity contribution in [3.8, 4) is 17.6 Å². The van der Waals surface area contributed by atoms with Gasteiger partial charge in [0.2, 0.25) is 0 Å². The van der Waals surface area contributed by atoms with Gasteiger partial charge in [-0.1, -0.05) is 13.0 Å². The van der Waals surface area contributed by atoms with E-state index >= 15 is 0 Å². The van der Waals surface area contributed by atoms with Crippen molar-refractivity contribution in [2.45, 2.75) is 32.2 Å². The van der Waals surface area contributed by atoms with Crippen LogP contribution >= 0.6 is 0 Å². The van der Waals surface area contributed by atoms with E-state index in [1.807, 2.05) is 11.0 Å². The van der Waals surface area contributed by atoms with Gasteiger partial charge in [0.25, 0.3) is 0 Å². The molecule has 3 aromatic rings. The molecule has 11 heteroatoms. The number of hydrogen-bond donors (Lipinski definition) is 0. The summed E-state index contributed by atoms with van der Waals surface area (Å²) < 4.78 is 37.2. The third-order valence-electron chi connectivity index (χ3n) is 6.28. The first-order valence-electron chi connectivity index (χ1n) is 10.9. The van der Waals surface area contributed by atoms with Crippen LogP contribution in [0.15, 0.2) is 35.1 Å². The second-order valence-electron chi connectivity index (χ2n) is 8.38. The number of hydrogen-bond acceptors (Lipinski definition) is 8. The summed E-state index contributed by atoms with van der Waals surface area (Å²) in [7, 11) is 1.63. The lowest BCUT2D eigenvalue weighted by Gasteiger charge is -2.41. The first-order chi connectivity index (χ1) is 16.3. The van der Waals surface area contributed by atoms with Crippen LogP contribution in [0.25, 0.3) is 11.0 Å². The number of aryl methyl sites for hydroxylation is 1. The molecule has 0 N–H and O–H groups in total. The summed E-state index contributed by atoms with van der Waals surface area (Å²) in [5, 5.41) is 9.28. The maximum atomic E-state index is 13.3. The van der Waals surface area contributed by atoms with E-state index in [1.165, 1.54) is 10.6 Å². The van der Waals surface area contributed by atoms with E-state index in [0.29, 0.717) is 43.0 Å². The fraction of sp³-hybridized carbons (Fsp3) is 0.391. The highest BCUT2D eigenvalue weighted by atomic mass is 19.3. The Kier molecular flexibility index (Phi) is 5.32. The predicted octanol–water partition coefficient (Wildman–Crippen LogP) is 2.62. The van der Waals surface area contributed by atoms with Gasteiger partial charge in [-0.25, -0.2) is 9.78 Å². The highest BCUT2D eigenvalue weighted by molar-refractivity contribution is 5.86. The summed E-state index contributed by atoms with van der Waals surface area (Å²) in [6, 6.07) is 10.3. The van der Waals surface area contributed by atoms with Crippen molar-refractivity contribution < 1.29 is 18.3 Å². The van der Waals surface area contributed by atoms with E-state index in [1.54, 1.807) is 31.3 Å². The molecule has 5 rings (SSSR count). The summed E-state index contributed by atoms with van der Waals surface area (Å²) in [6.45, 7) is 4.48. The Bertz CT molecular complexity index is 1370. The third kappa shape index (κ3) is 3.90. The molecule has 0 aliphatic carbocycles. The minimum Gasteiger partial charge on any atom is -0.395 e. The molecule has 9 nitrogen and oxygen atoms in total. The Balaban J connectivity index is 1.39. The molecule has 1 atom stereocenters. The molecular formula is C23H22F2N6O3. The molecule has 0 saturated carbocycles. The van der Waals surface area contributed by atoms with Crippen LogP contribution in [0.2, 0.25) is 0 Å². The number of nitriles is 1. The Morgan fingerprint density at radius 1 is 1.18 bits per heavy atom. The number of nitrogens with zero attached hydrogens (tertiary/aromatic N) is 6. The molecular weight excluding hydrogens is 446 g/mol. The van der Waals surface area contributed by atoms with Crippen LogP contribution in [0.5, 0.6) is 11.5 Å². The molecule has 1 unspecified atom stereocenters. The summed E-state index contributed by atoms with van der Waals surface area (Å²) in [4.78, 5) is 25.5. The maximum absolute atomic E-state index is 13.3. The normalized spacial score (nSPS) is 19.4. The fourth-order valence-electron chi connectivity index (χ4n) is 4.50. The summed E-state index contributed by atoms with van der Waals surface area (Å²) >= 11 is 0. The van der Waals surface area contributed by atoms with Crippen LogP contribution in [-0.4, -0.2) is 51.4 Å². The lowest BCUT2D eigenvalue weighted by molar-refractivity contribution is -0.286. The van der Waals surface area contributed by atoms with E-state index in [-0.39, 0.29) is 28.9 Å². The van der Waals surface area contributed by atoms with E-state index in [2.05, 4.69) is 31.3 Å². The van der Waals surface area contributed by atoms with Crippen LogP contribution < -0.4 is 20.1 Å². The van der Waals surface area contributed by atoms with Crippen molar-refractivity contribution in [3.63, 3.8) is 0 Å². The molecule has 0 amide bonds. The molecule has 0 spiro atoms. The Morgan fingerprint density at radius 2 is 1.97 bits per heavy atom. The molecule has 176 valence electrons. The Morgan fingerprint density at radius 3 is 2.74 bits per heavy atom. The number of ether oxygens (including phenoxy) is 2. The molecule has 0 radical (unpaired) electrons. The van der Waals surface area contributed by atoms with E-state index in [4.69, 9.17) is 0 Å². The topological polar surface area (TPSA) is 96.5 Å². The number of aromatic nitrogens is 3. The molecule has 2 aromatic heterocycles. The summed E-state index contributed by atoms with van der Waals surface area (Å²) in [5.74, 6) is 0.529. The van der Waals surface area contributed by atoms with Gasteiger partial charge in [0, 0.05) is 39.3 Å². The molecule has 2 aliphatic rings. The molecule has 34 heavy (non-hydrogen) atoms. The third-order valence-corrected chi connectivity index (χ3v) is 6.28. The van der Waals surface area contributed by atoms with E-state index < -0.39 is 6.29 Å². The quantitative estimate of drug-likeness (QED) is 0.577. The highest BCUT2D eigenvalue weighted by Gasteiger charge is 2.43. The van der Waals surface area contributed by atoms with Crippen molar-refractivity contribution in [1.82, 2.24) is 19.4 Å². The number of piperazine rings is 1. The molecule has 1 fully saturated rings. The second kappa shape index (κ2) is 8.22. The van der Waals surface area contributed by atoms with Crippen molar-refractivity contribution in [3.05, 3.63) is 52.1 Å². The van der Waals surface area contributed by atoms with Gasteiger partial charge in [-0.05, 0) is 36.2 Å². The number of benzene rings is 1. The Hall–Kier alpha value is -3.78. The molecule has 0 bridgehead atoms. The zero-order chi connectivity index (χ0) is 24.0. The average Bonchev–Trinajstić information content (AvgIpc) is 3.14. The zero-order valence-electron chi connectivity index (χ0n) is 18.7. The van der Waals surface area contributed by atoms with Gasteiger partial charge in [0.1, 0.15) is 17.3 Å². The van der Waals surface area contributed by atoms with Gasteiger partial charge in [0.15, 0.2) is 17.3 Å². The van der Waals surface area contributed by atoms with Gasteiger partial charge in [0.05, 0.1) is 5.52 Å². The average molecular weight is 468 g/mol. The number of fused-ring (bicyclic) bond motifs is 2. The minimum atomic E-state index is -3.64. The molecule has 1 aromatic carbocycles. The largest absolute Gasteiger partial charge is 0.586 e. The number of halogens is 2. The predicted molar refractivity (Wildman–Crippen MR) is 119 cm³/mol. The monoisotopic (exact) mass is 468 g/mol. The van der Waals surface area contributed by atoms with Crippen LogP contribution in [0.4, 0.5) is 14.6 Å². The summed E-state index contributed by atoms with van der Waals surface area (Å²) in [6.07, 6.45) is -2.81. The van der Waals surface area contributed by atoms with Crippen molar-refractivity contribution in [2.24, 2.45) is 7.05 Å². The van der Waals surface area contributed by atoms with E-state index in [9.17, 15) is 18.8 Å². The van der Waals surface area contributed by atoms with Crippen LogP contribution in [0.3, 0.4) is 0 Å². The van der Waals surface area contributed by atoms with Crippen molar-refractivity contribution in [1.29, 1.82) is 5.26 Å². The fourth-order valence-corrected chi connectivity index (χ4v) is 4.50.